The summed E-state index contributed by atoms with van der Waals surface area (Å²) in [6.45, 7) is 2.17. The van der Waals surface area contributed by atoms with Crippen molar-refractivity contribution < 1.29 is 4.74 Å². The van der Waals surface area contributed by atoms with Gasteiger partial charge in [-0.25, -0.2) is 4.98 Å². The van der Waals surface area contributed by atoms with Crippen LogP contribution in [0.2, 0.25) is 10.0 Å². The summed E-state index contributed by atoms with van der Waals surface area (Å²) in [5.41, 5.74) is 2.05. The Morgan fingerprint density at radius 2 is 2.04 bits per heavy atom. The van der Waals surface area contributed by atoms with Crippen LogP contribution in [-0.2, 0) is 24.8 Å². The first-order valence-electron chi connectivity index (χ1n) is 7.63. The molecule has 1 heterocycles. The molecule has 0 aliphatic carbocycles. The van der Waals surface area contributed by atoms with E-state index in [2.05, 4.69) is 24.0 Å². The highest BCUT2D eigenvalue weighted by Crippen LogP contribution is 2.30. The van der Waals surface area contributed by atoms with Crippen molar-refractivity contribution in [2.24, 2.45) is 7.05 Å². The third-order valence-electron chi connectivity index (χ3n) is 3.70. The molecule has 4 nitrogen and oxygen atoms in total. The second kappa shape index (κ2) is 8.69. The van der Waals surface area contributed by atoms with Crippen LogP contribution in [0.3, 0.4) is 0 Å². The second-order valence-electron chi connectivity index (χ2n) is 5.84. The molecule has 1 aromatic carbocycles. The zero-order valence-electron chi connectivity index (χ0n) is 13.9. The summed E-state index contributed by atoms with van der Waals surface area (Å²) in [4.78, 5) is 6.52. The van der Waals surface area contributed by atoms with E-state index >= 15 is 0 Å². The lowest BCUT2D eigenvalue weighted by Gasteiger charge is -2.14. The number of benzene rings is 1. The topological polar surface area (TPSA) is 30.3 Å². The van der Waals surface area contributed by atoms with Crippen LogP contribution in [-0.4, -0.2) is 41.7 Å². The summed E-state index contributed by atoms with van der Waals surface area (Å²) < 4.78 is 7.80. The molecule has 0 atom stereocenters. The van der Waals surface area contributed by atoms with Crippen molar-refractivity contribution in [2.75, 3.05) is 27.2 Å². The van der Waals surface area contributed by atoms with Crippen molar-refractivity contribution in [1.82, 2.24) is 14.5 Å². The van der Waals surface area contributed by atoms with Gasteiger partial charge in [-0.15, -0.1) is 0 Å². The first kappa shape index (κ1) is 18.3. The Morgan fingerprint density at radius 3 is 2.70 bits per heavy atom. The minimum Gasteiger partial charge on any atom is -0.377 e. The summed E-state index contributed by atoms with van der Waals surface area (Å²) in [5.74, 6) is 0.984. The van der Waals surface area contributed by atoms with Crippen LogP contribution in [0.5, 0.6) is 0 Å². The smallest absolute Gasteiger partial charge is 0.112 e. The normalized spacial score (nSPS) is 11.4. The minimum absolute atomic E-state index is 0.465. The van der Waals surface area contributed by atoms with E-state index in [-0.39, 0.29) is 0 Å². The highest BCUT2D eigenvalue weighted by molar-refractivity contribution is 6.42. The lowest BCUT2D eigenvalue weighted by Crippen LogP contribution is -2.15. The van der Waals surface area contributed by atoms with E-state index in [0.717, 1.165) is 29.9 Å². The summed E-state index contributed by atoms with van der Waals surface area (Å²) in [7, 11) is 6.09. The van der Waals surface area contributed by atoms with Crippen molar-refractivity contribution >= 4 is 23.2 Å². The molecule has 2 rings (SSSR count). The Bertz CT molecular complexity index is 641. The maximum atomic E-state index is 6.39. The molecule has 6 heteroatoms. The van der Waals surface area contributed by atoms with E-state index in [1.54, 1.807) is 6.20 Å². The van der Waals surface area contributed by atoms with Crippen LogP contribution in [0.25, 0.3) is 0 Å². The van der Waals surface area contributed by atoms with Crippen molar-refractivity contribution in [2.45, 2.75) is 19.4 Å². The average Bonchev–Trinajstić information content (AvgIpc) is 2.90. The zero-order valence-corrected chi connectivity index (χ0v) is 15.4. The van der Waals surface area contributed by atoms with E-state index in [1.807, 2.05) is 29.9 Å². The highest BCUT2D eigenvalue weighted by Gasteiger charge is 2.13. The van der Waals surface area contributed by atoms with Gasteiger partial charge in [0.2, 0.25) is 0 Å². The predicted octanol–water partition coefficient (Wildman–Crippen LogP) is 3.79. The van der Waals surface area contributed by atoms with Gasteiger partial charge in [-0.2, -0.15) is 0 Å². The van der Waals surface area contributed by atoms with E-state index in [4.69, 9.17) is 27.9 Å². The fraction of sp³-hybridized carbons (Fsp3) is 0.471. The van der Waals surface area contributed by atoms with Crippen molar-refractivity contribution in [3.63, 3.8) is 0 Å². The molecule has 0 aliphatic heterocycles. The van der Waals surface area contributed by atoms with Crippen molar-refractivity contribution in [3.05, 3.63) is 51.5 Å². The molecule has 0 N–H and O–H groups in total. The van der Waals surface area contributed by atoms with Gasteiger partial charge in [0.25, 0.3) is 0 Å². The Morgan fingerprint density at radius 1 is 1.26 bits per heavy atom. The predicted molar refractivity (Wildman–Crippen MR) is 95.3 cm³/mol. The number of imidazole rings is 1. The van der Waals surface area contributed by atoms with Crippen LogP contribution in [0.4, 0.5) is 0 Å². The highest BCUT2D eigenvalue weighted by atomic mass is 35.5. The first-order valence-corrected chi connectivity index (χ1v) is 8.39. The van der Waals surface area contributed by atoms with Crippen LogP contribution in [0, 0.1) is 0 Å². The summed E-state index contributed by atoms with van der Waals surface area (Å²) >= 11 is 12.6. The molecule has 2 aromatic rings. The number of ether oxygens (including phenoxy) is 1. The maximum Gasteiger partial charge on any atom is 0.112 e. The Hall–Kier alpha value is -1.07. The lowest BCUT2D eigenvalue weighted by molar-refractivity contribution is 0.112. The quantitative estimate of drug-likeness (QED) is 0.675. The van der Waals surface area contributed by atoms with E-state index < -0.39 is 0 Å². The second-order valence-corrected chi connectivity index (χ2v) is 6.62. The summed E-state index contributed by atoms with van der Waals surface area (Å²) in [6.07, 6.45) is 5.42. The monoisotopic (exact) mass is 355 g/mol. The van der Waals surface area contributed by atoms with Gasteiger partial charge in [0.05, 0.1) is 16.7 Å². The fourth-order valence-corrected chi connectivity index (χ4v) is 2.76. The summed E-state index contributed by atoms with van der Waals surface area (Å²) in [5, 5.41) is 1.13. The Balaban J connectivity index is 2.07. The molecule has 0 bridgehead atoms. The molecular formula is C17H23Cl2N3O. The first-order chi connectivity index (χ1) is 11.0. The van der Waals surface area contributed by atoms with Crippen LogP contribution >= 0.6 is 23.2 Å². The molecule has 0 aliphatic rings. The van der Waals surface area contributed by atoms with Gasteiger partial charge in [0.15, 0.2) is 0 Å². The molecule has 0 saturated carbocycles. The molecule has 0 fully saturated rings. The third kappa shape index (κ3) is 5.21. The SMILES string of the molecule is CN(C)CCCOCc1c(Cc2nccn2C)ccc(Cl)c1Cl. The van der Waals surface area contributed by atoms with Crippen molar-refractivity contribution in [3.8, 4) is 0 Å². The number of hydrogen-bond donors (Lipinski definition) is 0. The fourth-order valence-electron chi connectivity index (χ4n) is 2.35. The average molecular weight is 356 g/mol. The van der Waals surface area contributed by atoms with E-state index in [1.165, 1.54) is 0 Å². The minimum atomic E-state index is 0.465. The number of rotatable bonds is 8. The number of halogens is 2. The lowest BCUT2D eigenvalue weighted by atomic mass is 10.0. The molecule has 126 valence electrons. The molecule has 23 heavy (non-hydrogen) atoms. The Labute approximate surface area is 148 Å². The van der Waals surface area contributed by atoms with Gasteiger partial charge >= 0.3 is 0 Å². The third-order valence-corrected chi connectivity index (χ3v) is 4.55. The molecule has 0 amide bonds. The van der Waals surface area contributed by atoms with Gasteiger partial charge in [-0.1, -0.05) is 29.3 Å². The van der Waals surface area contributed by atoms with Gasteiger partial charge < -0.3 is 14.2 Å². The Kier molecular flexibility index (Phi) is 6.90. The largest absolute Gasteiger partial charge is 0.377 e. The van der Waals surface area contributed by atoms with Gasteiger partial charge in [0, 0.05) is 38.0 Å². The molecular weight excluding hydrogens is 333 g/mol. The molecule has 0 saturated heterocycles. The van der Waals surface area contributed by atoms with Gasteiger partial charge in [0.1, 0.15) is 5.82 Å². The molecule has 0 unspecified atom stereocenters. The van der Waals surface area contributed by atoms with Crippen LogP contribution < -0.4 is 0 Å². The zero-order chi connectivity index (χ0) is 16.8. The van der Waals surface area contributed by atoms with E-state index in [0.29, 0.717) is 29.7 Å². The van der Waals surface area contributed by atoms with Crippen molar-refractivity contribution in [1.29, 1.82) is 0 Å². The maximum absolute atomic E-state index is 6.39. The van der Waals surface area contributed by atoms with Crippen LogP contribution in [0.1, 0.15) is 23.4 Å². The van der Waals surface area contributed by atoms with Gasteiger partial charge in [-0.3, -0.25) is 0 Å². The van der Waals surface area contributed by atoms with Crippen LogP contribution in [0.15, 0.2) is 24.5 Å². The summed E-state index contributed by atoms with van der Waals surface area (Å²) in [6, 6.07) is 3.83. The standard InChI is InChI=1S/C17H23Cl2N3O/c1-21(2)8-4-10-23-12-14-13(5-6-15(18)17(14)19)11-16-20-7-9-22(16)3/h5-7,9H,4,8,10-12H2,1-3H3. The molecule has 1 aromatic heterocycles. The number of nitrogens with zero attached hydrogens (tertiary/aromatic N) is 3. The molecule has 0 spiro atoms. The number of aryl methyl sites for hydroxylation is 1. The number of hydrogen-bond acceptors (Lipinski definition) is 3. The number of aromatic nitrogens is 2. The molecule has 0 radical (unpaired) electrons. The van der Waals surface area contributed by atoms with Gasteiger partial charge in [-0.05, 0) is 38.7 Å². The van der Waals surface area contributed by atoms with E-state index in [9.17, 15) is 0 Å².